The molecule has 0 aliphatic heterocycles. The molecule has 2 N–H and O–H groups in total. The molecular formula is C12H17N3OS. The number of urea groups is 1. The van der Waals surface area contributed by atoms with Gasteiger partial charge in [-0.3, -0.25) is 0 Å². The van der Waals surface area contributed by atoms with Crippen molar-refractivity contribution < 1.29 is 4.79 Å². The van der Waals surface area contributed by atoms with E-state index in [4.69, 9.17) is 18.0 Å². The van der Waals surface area contributed by atoms with Gasteiger partial charge in [-0.15, -0.1) is 0 Å². The first-order valence-electron chi connectivity index (χ1n) is 5.23. The molecule has 0 saturated carbocycles. The van der Waals surface area contributed by atoms with Crippen LogP contribution in [0.4, 0.5) is 4.79 Å². The molecule has 5 heteroatoms. The second-order valence-corrected chi connectivity index (χ2v) is 4.54. The van der Waals surface area contributed by atoms with Crippen LogP contribution in [-0.4, -0.2) is 42.0 Å². The Morgan fingerprint density at radius 1 is 1.35 bits per heavy atom. The fraction of sp³-hybridized carbons (Fsp3) is 0.333. The molecule has 17 heavy (non-hydrogen) atoms. The third-order valence-electron chi connectivity index (χ3n) is 2.34. The maximum atomic E-state index is 11.7. The number of nitrogens with two attached hydrogens (primary N) is 1. The van der Waals surface area contributed by atoms with Crippen molar-refractivity contribution in [1.82, 2.24) is 9.80 Å². The highest BCUT2D eigenvalue weighted by molar-refractivity contribution is 7.80. The van der Waals surface area contributed by atoms with Crippen molar-refractivity contribution in [1.29, 1.82) is 0 Å². The van der Waals surface area contributed by atoms with Crippen LogP contribution in [0.3, 0.4) is 0 Å². The lowest BCUT2D eigenvalue weighted by Crippen LogP contribution is -2.35. The standard InChI is InChI=1S/C12H17N3OS/c1-14(2)12(16)15(3)8-9-5-4-6-10(7-9)11(13)17/h4-7H,8H2,1-3H3,(H2,13,17). The maximum absolute atomic E-state index is 11.7. The molecule has 0 saturated heterocycles. The molecule has 0 aliphatic carbocycles. The predicted octanol–water partition coefficient (Wildman–Crippen LogP) is 1.43. The Morgan fingerprint density at radius 2 is 2.00 bits per heavy atom. The molecule has 0 aliphatic rings. The lowest BCUT2D eigenvalue weighted by molar-refractivity contribution is 0.180. The van der Waals surface area contributed by atoms with Gasteiger partial charge >= 0.3 is 6.03 Å². The number of rotatable bonds is 3. The van der Waals surface area contributed by atoms with Gasteiger partial charge in [-0.2, -0.15) is 0 Å². The Labute approximate surface area is 107 Å². The summed E-state index contributed by atoms with van der Waals surface area (Å²) in [5.41, 5.74) is 7.39. The van der Waals surface area contributed by atoms with Crippen molar-refractivity contribution in [2.75, 3.05) is 21.1 Å². The molecule has 92 valence electrons. The minimum Gasteiger partial charge on any atom is -0.389 e. The van der Waals surface area contributed by atoms with Gasteiger partial charge in [0.2, 0.25) is 0 Å². The first kappa shape index (κ1) is 13.4. The van der Waals surface area contributed by atoms with Crippen LogP contribution in [0.15, 0.2) is 24.3 Å². The fourth-order valence-corrected chi connectivity index (χ4v) is 1.63. The van der Waals surface area contributed by atoms with Crippen molar-refractivity contribution in [3.8, 4) is 0 Å². The van der Waals surface area contributed by atoms with Gasteiger partial charge in [0.25, 0.3) is 0 Å². The van der Waals surface area contributed by atoms with Crippen LogP contribution in [0, 0.1) is 0 Å². The first-order chi connectivity index (χ1) is 7.91. The lowest BCUT2D eigenvalue weighted by Gasteiger charge is -2.21. The highest BCUT2D eigenvalue weighted by Crippen LogP contribution is 2.08. The summed E-state index contributed by atoms with van der Waals surface area (Å²) in [5.74, 6) is 0. The number of thiocarbonyl (C=S) groups is 1. The van der Waals surface area contributed by atoms with Crippen molar-refractivity contribution in [2.24, 2.45) is 5.73 Å². The van der Waals surface area contributed by atoms with Gasteiger partial charge < -0.3 is 15.5 Å². The lowest BCUT2D eigenvalue weighted by atomic mass is 10.1. The molecule has 0 heterocycles. The van der Waals surface area contributed by atoms with E-state index in [-0.39, 0.29) is 6.03 Å². The molecule has 4 nitrogen and oxygen atoms in total. The van der Waals surface area contributed by atoms with E-state index in [1.54, 1.807) is 26.0 Å². The van der Waals surface area contributed by atoms with Crippen molar-refractivity contribution >= 4 is 23.2 Å². The third kappa shape index (κ3) is 3.71. The summed E-state index contributed by atoms with van der Waals surface area (Å²) in [7, 11) is 5.21. The van der Waals surface area contributed by atoms with E-state index >= 15 is 0 Å². The molecule has 0 bridgehead atoms. The Balaban J connectivity index is 2.78. The molecule has 1 aromatic rings. The second kappa shape index (κ2) is 5.63. The molecular weight excluding hydrogens is 234 g/mol. The van der Waals surface area contributed by atoms with Crippen LogP contribution < -0.4 is 5.73 Å². The summed E-state index contributed by atoms with van der Waals surface area (Å²) >= 11 is 4.92. The van der Waals surface area contributed by atoms with Gasteiger partial charge in [0.15, 0.2) is 0 Å². The average molecular weight is 251 g/mol. The summed E-state index contributed by atoms with van der Waals surface area (Å²) < 4.78 is 0. The first-order valence-corrected chi connectivity index (χ1v) is 5.64. The van der Waals surface area contributed by atoms with Gasteiger partial charge in [-0.1, -0.05) is 30.4 Å². The van der Waals surface area contributed by atoms with Gasteiger partial charge in [0.05, 0.1) is 0 Å². The fourth-order valence-electron chi connectivity index (χ4n) is 1.51. The summed E-state index contributed by atoms with van der Waals surface area (Å²) in [6, 6.07) is 7.56. The molecule has 1 rings (SSSR count). The SMILES string of the molecule is CN(C)C(=O)N(C)Cc1cccc(C(N)=S)c1. The van der Waals surface area contributed by atoms with E-state index in [9.17, 15) is 4.79 Å². The molecule has 0 radical (unpaired) electrons. The van der Waals surface area contributed by atoms with Crippen LogP contribution in [0.2, 0.25) is 0 Å². The van der Waals surface area contributed by atoms with E-state index in [2.05, 4.69) is 0 Å². The molecule has 1 aromatic carbocycles. The highest BCUT2D eigenvalue weighted by atomic mass is 32.1. The zero-order valence-corrected chi connectivity index (χ0v) is 11.1. The minimum atomic E-state index is -0.0364. The Kier molecular flexibility index (Phi) is 4.45. The second-order valence-electron chi connectivity index (χ2n) is 4.10. The number of hydrogen-bond acceptors (Lipinski definition) is 2. The van der Waals surface area contributed by atoms with Gasteiger partial charge in [0, 0.05) is 33.3 Å². The zero-order valence-electron chi connectivity index (χ0n) is 10.3. The quantitative estimate of drug-likeness (QED) is 0.827. The largest absolute Gasteiger partial charge is 0.389 e. The highest BCUT2D eigenvalue weighted by Gasteiger charge is 2.11. The van der Waals surface area contributed by atoms with E-state index in [0.29, 0.717) is 11.5 Å². The van der Waals surface area contributed by atoms with E-state index in [1.807, 2.05) is 24.3 Å². The normalized spacial score (nSPS) is 9.82. The molecule has 0 spiro atoms. The van der Waals surface area contributed by atoms with Gasteiger partial charge in [-0.25, -0.2) is 4.79 Å². The van der Waals surface area contributed by atoms with Gasteiger partial charge in [-0.05, 0) is 11.6 Å². The summed E-state index contributed by atoms with van der Waals surface area (Å²) in [6.45, 7) is 0.535. The monoisotopic (exact) mass is 251 g/mol. The van der Waals surface area contributed by atoms with Crippen LogP contribution in [0.5, 0.6) is 0 Å². The van der Waals surface area contributed by atoms with Crippen molar-refractivity contribution in [2.45, 2.75) is 6.54 Å². The number of nitrogens with zero attached hydrogens (tertiary/aromatic N) is 2. The van der Waals surface area contributed by atoms with E-state index in [0.717, 1.165) is 11.1 Å². The predicted molar refractivity (Wildman–Crippen MR) is 72.9 cm³/mol. The van der Waals surface area contributed by atoms with Crippen molar-refractivity contribution in [3.05, 3.63) is 35.4 Å². The van der Waals surface area contributed by atoms with Crippen molar-refractivity contribution in [3.63, 3.8) is 0 Å². The average Bonchev–Trinajstić information content (AvgIpc) is 2.28. The minimum absolute atomic E-state index is 0.0364. The molecule has 0 fully saturated rings. The van der Waals surface area contributed by atoms with Crippen LogP contribution in [0.25, 0.3) is 0 Å². The van der Waals surface area contributed by atoms with Crippen LogP contribution >= 0.6 is 12.2 Å². The van der Waals surface area contributed by atoms with E-state index in [1.165, 1.54) is 4.90 Å². The number of amides is 2. The summed E-state index contributed by atoms with van der Waals surface area (Å²) in [5, 5.41) is 0. The van der Waals surface area contributed by atoms with E-state index < -0.39 is 0 Å². The Morgan fingerprint density at radius 3 is 2.53 bits per heavy atom. The molecule has 0 aromatic heterocycles. The third-order valence-corrected chi connectivity index (χ3v) is 2.58. The molecule has 0 unspecified atom stereocenters. The number of hydrogen-bond donors (Lipinski definition) is 1. The number of carbonyl (C=O) groups excluding carboxylic acids is 1. The van der Waals surface area contributed by atoms with Gasteiger partial charge in [0.1, 0.15) is 4.99 Å². The molecule has 0 atom stereocenters. The number of carbonyl (C=O) groups is 1. The van der Waals surface area contributed by atoms with Crippen LogP contribution in [-0.2, 0) is 6.54 Å². The number of benzene rings is 1. The maximum Gasteiger partial charge on any atom is 0.319 e. The van der Waals surface area contributed by atoms with Crippen LogP contribution in [0.1, 0.15) is 11.1 Å². The smallest absolute Gasteiger partial charge is 0.319 e. The summed E-state index contributed by atoms with van der Waals surface area (Å²) in [6.07, 6.45) is 0. The molecule has 2 amide bonds. The Bertz CT molecular complexity index is 432. The Hall–Kier alpha value is -1.62. The topological polar surface area (TPSA) is 49.6 Å². The summed E-state index contributed by atoms with van der Waals surface area (Å²) in [4.78, 5) is 15.2. The zero-order chi connectivity index (χ0) is 13.0.